The van der Waals surface area contributed by atoms with E-state index >= 15 is 0 Å². The van der Waals surface area contributed by atoms with Crippen molar-refractivity contribution in [2.75, 3.05) is 24.5 Å². The summed E-state index contributed by atoms with van der Waals surface area (Å²) in [6, 6.07) is 6.07. The smallest absolute Gasteiger partial charge is 0.410 e. The highest BCUT2D eigenvalue weighted by molar-refractivity contribution is 9.10. The molecule has 1 aliphatic heterocycles. The van der Waals surface area contributed by atoms with Gasteiger partial charge in [-0.25, -0.2) is 9.78 Å². The third-order valence-electron chi connectivity index (χ3n) is 3.27. The van der Waals surface area contributed by atoms with Crippen LogP contribution in [0.5, 0.6) is 0 Å². The summed E-state index contributed by atoms with van der Waals surface area (Å²) < 4.78 is 6.25. The number of carbonyl (C=O) groups excluding carboxylic acids is 1. The normalized spacial score (nSPS) is 19.6. The fourth-order valence-electron chi connectivity index (χ4n) is 2.35. The molecule has 1 saturated heterocycles. The minimum Gasteiger partial charge on any atom is -0.444 e. The van der Waals surface area contributed by atoms with E-state index in [-0.39, 0.29) is 12.1 Å². The van der Waals surface area contributed by atoms with Crippen molar-refractivity contribution in [3.8, 4) is 0 Å². The van der Waals surface area contributed by atoms with E-state index in [4.69, 9.17) is 4.74 Å². The molecule has 1 aromatic heterocycles. The van der Waals surface area contributed by atoms with Gasteiger partial charge in [0, 0.05) is 25.7 Å². The van der Waals surface area contributed by atoms with Crippen LogP contribution < -0.4 is 4.90 Å². The van der Waals surface area contributed by atoms with Gasteiger partial charge in [-0.3, -0.25) is 0 Å². The zero-order valence-electron chi connectivity index (χ0n) is 13.0. The van der Waals surface area contributed by atoms with Gasteiger partial charge in [-0.2, -0.15) is 0 Å². The van der Waals surface area contributed by atoms with E-state index in [0.29, 0.717) is 13.1 Å². The van der Waals surface area contributed by atoms with Crippen molar-refractivity contribution in [3.63, 3.8) is 0 Å². The van der Waals surface area contributed by atoms with Gasteiger partial charge in [-0.1, -0.05) is 6.07 Å². The predicted molar refractivity (Wildman–Crippen MR) is 86.6 cm³/mol. The zero-order valence-corrected chi connectivity index (χ0v) is 14.6. The number of pyridine rings is 1. The fourth-order valence-corrected chi connectivity index (χ4v) is 2.68. The first-order valence-corrected chi connectivity index (χ1v) is 7.93. The van der Waals surface area contributed by atoms with Crippen LogP contribution >= 0.6 is 15.9 Å². The number of rotatable bonds is 1. The Bertz CT molecular complexity index is 516. The molecule has 0 aliphatic carbocycles. The molecule has 2 rings (SSSR count). The minimum atomic E-state index is -0.455. The van der Waals surface area contributed by atoms with E-state index in [0.717, 1.165) is 17.0 Å². The van der Waals surface area contributed by atoms with Crippen molar-refractivity contribution in [2.24, 2.45) is 0 Å². The van der Waals surface area contributed by atoms with Crippen LogP contribution in [0.2, 0.25) is 0 Å². The first-order valence-electron chi connectivity index (χ1n) is 7.13. The fraction of sp³-hybridized carbons (Fsp3) is 0.600. The molecule has 1 aliphatic rings. The second kappa shape index (κ2) is 6.22. The molecular formula is C15H22BrN3O2. The lowest BCUT2D eigenvalue weighted by Gasteiger charge is -2.40. The molecule has 6 heteroatoms. The Labute approximate surface area is 134 Å². The predicted octanol–water partition coefficient (Wildman–Crippen LogP) is 3.29. The van der Waals surface area contributed by atoms with E-state index in [1.165, 1.54) is 0 Å². The molecule has 0 radical (unpaired) electrons. The van der Waals surface area contributed by atoms with Crippen molar-refractivity contribution < 1.29 is 9.53 Å². The molecule has 21 heavy (non-hydrogen) atoms. The van der Waals surface area contributed by atoms with Gasteiger partial charge in [0.2, 0.25) is 0 Å². The van der Waals surface area contributed by atoms with Crippen molar-refractivity contribution in [1.82, 2.24) is 9.88 Å². The van der Waals surface area contributed by atoms with Gasteiger partial charge >= 0.3 is 6.09 Å². The number of anilines is 1. The summed E-state index contributed by atoms with van der Waals surface area (Å²) in [5.74, 6) is 0.931. The number of nitrogens with zero attached hydrogens (tertiary/aromatic N) is 3. The monoisotopic (exact) mass is 355 g/mol. The van der Waals surface area contributed by atoms with Gasteiger partial charge in [0.1, 0.15) is 16.0 Å². The van der Waals surface area contributed by atoms with Crippen LogP contribution in [0.3, 0.4) is 0 Å². The Morgan fingerprint density at radius 2 is 2.10 bits per heavy atom. The second-order valence-corrected chi connectivity index (χ2v) is 7.10. The van der Waals surface area contributed by atoms with E-state index < -0.39 is 5.60 Å². The van der Waals surface area contributed by atoms with Gasteiger partial charge in [-0.15, -0.1) is 0 Å². The maximum absolute atomic E-state index is 12.1. The van der Waals surface area contributed by atoms with Crippen LogP contribution in [-0.2, 0) is 4.74 Å². The van der Waals surface area contributed by atoms with Crippen LogP contribution in [0.4, 0.5) is 10.6 Å². The van der Waals surface area contributed by atoms with Gasteiger partial charge < -0.3 is 14.5 Å². The highest BCUT2D eigenvalue weighted by Crippen LogP contribution is 2.21. The summed E-state index contributed by atoms with van der Waals surface area (Å²) in [5, 5.41) is 0. The van der Waals surface area contributed by atoms with Crippen molar-refractivity contribution in [2.45, 2.75) is 39.3 Å². The maximum Gasteiger partial charge on any atom is 0.410 e. The summed E-state index contributed by atoms with van der Waals surface area (Å²) >= 11 is 3.39. The number of piperazine rings is 1. The standard InChI is InChI=1S/C15H22BrN3O2/c1-11-10-18(14(20)21-15(2,3)4)8-9-19(11)13-7-5-6-12(16)17-13/h5-7,11H,8-10H2,1-4H3/t11-/m0/s1. The van der Waals surface area contributed by atoms with Crippen LogP contribution in [0, 0.1) is 0 Å². The lowest BCUT2D eigenvalue weighted by molar-refractivity contribution is 0.0218. The zero-order chi connectivity index (χ0) is 15.6. The number of hydrogen-bond donors (Lipinski definition) is 0. The summed E-state index contributed by atoms with van der Waals surface area (Å²) in [6.07, 6.45) is -0.240. The average Bonchev–Trinajstić information content (AvgIpc) is 2.36. The Morgan fingerprint density at radius 3 is 2.67 bits per heavy atom. The largest absolute Gasteiger partial charge is 0.444 e. The number of ether oxygens (including phenoxy) is 1. The van der Waals surface area contributed by atoms with Crippen LogP contribution in [-0.4, -0.2) is 47.3 Å². The molecule has 0 saturated carbocycles. The summed E-state index contributed by atoms with van der Waals surface area (Å²) in [7, 11) is 0. The van der Waals surface area contributed by atoms with Gasteiger partial charge in [0.05, 0.1) is 0 Å². The van der Waals surface area contributed by atoms with Gasteiger partial charge in [0.15, 0.2) is 0 Å². The lowest BCUT2D eigenvalue weighted by atomic mass is 10.2. The van der Waals surface area contributed by atoms with E-state index in [9.17, 15) is 4.79 Å². The summed E-state index contributed by atoms with van der Waals surface area (Å²) in [5.41, 5.74) is -0.455. The number of carbonyl (C=O) groups is 1. The van der Waals surface area contributed by atoms with Crippen LogP contribution in [0.1, 0.15) is 27.7 Å². The number of amides is 1. The Balaban J connectivity index is 2.01. The second-order valence-electron chi connectivity index (χ2n) is 6.29. The maximum atomic E-state index is 12.1. The molecule has 1 fully saturated rings. The van der Waals surface area contributed by atoms with E-state index in [2.05, 4.69) is 32.7 Å². The average molecular weight is 356 g/mol. The molecule has 0 bridgehead atoms. The van der Waals surface area contributed by atoms with Crippen molar-refractivity contribution >= 4 is 27.8 Å². The minimum absolute atomic E-state index is 0.202. The highest BCUT2D eigenvalue weighted by atomic mass is 79.9. The molecule has 1 aromatic rings. The SMILES string of the molecule is C[C@H]1CN(C(=O)OC(C)(C)C)CCN1c1cccc(Br)n1. The van der Waals surface area contributed by atoms with Crippen LogP contribution in [0.25, 0.3) is 0 Å². The first-order chi connectivity index (χ1) is 9.76. The molecule has 0 aromatic carbocycles. The van der Waals surface area contributed by atoms with E-state index in [1.54, 1.807) is 4.90 Å². The first kappa shape index (κ1) is 16.1. The third kappa shape index (κ3) is 4.33. The Morgan fingerprint density at radius 1 is 1.38 bits per heavy atom. The lowest BCUT2D eigenvalue weighted by Crippen LogP contribution is -2.54. The summed E-state index contributed by atoms with van der Waals surface area (Å²) in [6.45, 7) is 9.79. The topological polar surface area (TPSA) is 45.7 Å². The molecule has 2 heterocycles. The molecular weight excluding hydrogens is 334 g/mol. The van der Waals surface area contributed by atoms with Gasteiger partial charge in [-0.05, 0) is 55.8 Å². The summed E-state index contributed by atoms with van der Waals surface area (Å²) in [4.78, 5) is 20.6. The third-order valence-corrected chi connectivity index (χ3v) is 3.72. The number of hydrogen-bond acceptors (Lipinski definition) is 4. The van der Waals surface area contributed by atoms with Crippen LogP contribution in [0.15, 0.2) is 22.8 Å². The van der Waals surface area contributed by atoms with Crippen molar-refractivity contribution in [3.05, 3.63) is 22.8 Å². The number of halogens is 1. The van der Waals surface area contributed by atoms with Crippen molar-refractivity contribution in [1.29, 1.82) is 0 Å². The molecule has 1 amide bonds. The molecule has 0 spiro atoms. The molecule has 116 valence electrons. The Kier molecular flexibility index (Phi) is 4.76. The molecule has 1 atom stereocenters. The number of aromatic nitrogens is 1. The quantitative estimate of drug-likeness (QED) is 0.725. The molecule has 0 unspecified atom stereocenters. The molecule has 0 N–H and O–H groups in total. The Hall–Kier alpha value is -1.30. The van der Waals surface area contributed by atoms with Gasteiger partial charge in [0.25, 0.3) is 0 Å². The van der Waals surface area contributed by atoms with E-state index in [1.807, 2.05) is 39.0 Å². The molecule has 5 nitrogen and oxygen atoms in total. The highest BCUT2D eigenvalue weighted by Gasteiger charge is 2.30.